The largest absolute Gasteiger partial charge is 0.299 e. The van der Waals surface area contributed by atoms with Crippen molar-refractivity contribution >= 4 is 27.2 Å². The first-order valence-corrected chi connectivity index (χ1v) is 13.3. The van der Waals surface area contributed by atoms with Gasteiger partial charge in [-0.2, -0.15) is 0 Å². The molecular formula is C24H31ClO3S. The lowest BCUT2D eigenvalue weighted by Crippen LogP contribution is -2.46. The fourth-order valence-corrected chi connectivity index (χ4v) is 8.96. The summed E-state index contributed by atoms with van der Waals surface area (Å²) in [5.41, 5.74) is 0.243. The van der Waals surface area contributed by atoms with Gasteiger partial charge in [0, 0.05) is 16.9 Å². The zero-order chi connectivity index (χ0) is 20.4. The van der Waals surface area contributed by atoms with E-state index in [4.69, 9.17) is 11.6 Å². The van der Waals surface area contributed by atoms with Crippen LogP contribution in [0, 0.1) is 41.9 Å². The summed E-state index contributed by atoms with van der Waals surface area (Å²) in [4.78, 5) is 13.6. The van der Waals surface area contributed by atoms with Gasteiger partial charge in [-0.15, -0.1) is 0 Å². The molecule has 0 aliphatic heterocycles. The Hall–Kier alpha value is -0.870. The van der Waals surface area contributed by atoms with Crippen molar-refractivity contribution in [3.05, 3.63) is 28.8 Å². The first kappa shape index (κ1) is 20.1. The Morgan fingerprint density at radius 1 is 1.07 bits per heavy atom. The number of sulfone groups is 1. The number of rotatable bonds is 7. The lowest BCUT2D eigenvalue weighted by atomic mass is 9.51. The second-order valence-corrected chi connectivity index (χ2v) is 12.9. The van der Waals surface area contributed by atoms with Crippen LogP contribution in [0.15, 0.2) is 23.1 Å². The minimum absolute atomic E-state index is 0.0432. The number of ketones is 1. The van der Waals surface area contributed by atoms with Crippen molar-refractivity contribution in [3.8, 4) is 0 Å². The van der Waals surface area contributed by atoms with Crippen LogP contribution in [0.25, 0.3) is 0 Å². The molecule has 1 aromatic rings. The van der Waals surface area contributed by atoms with E-state index in [2.05, 4.69) is 0 Å². The third kappa shape index (κ3) is 3.59. The Kier molecular flexibility index (Phi) is 4.90. The molecule has 4 bridgehead atoms. The lowest BCUT2D eigenvalue weighted by Gasteiger charge is -2.54. The smallest absolute Gasteiger partial charge is 0.178 e. The maximum Gasteiger partial charge on any atom is 0.178 e. The van der Waals surface area contributed by atoms with Gasteiger partial charge < -0.3 is 0 Å². The number of carbonyl (C=O) groups excluding carboxylic acids is 1. The molecule has 29 heavy (non-hydrogen) atoms. The molecule has 5 aliphatic rings. The van der Waals surface area contributed by atoms with Crippen LogP contribution in [0.4, 0.5) is 0 Å². The summed E-state index contributed by atoms with van der Waals surface area (Å²) < 4.78 is 25.8. The number of hydrogen-bond donors (Lipinski definition) is 0. The van der Waals surface area contributed by atoms with Crippen molar-refractivity contribution in [2.24, 2.45) is 35.0 Å². The zero-order valence-electron chi connectivity index (χ0n) is 17.2. The third-order valence-corrected chi connectivity index (χ3v) is 11.0. The van der Waals surface area contributed by atoms with Gasteiger partial charge in [-0.25, -0.2) is 8.42 Å². The van der Waals surface area contributed by atoms with Gasteiger partial charge >= 0.3 is 0 Å². The predicted octanol–water partition coefficient (Wildman–Crippen LogP) is 5.62. The van der Waals surface area contributed by atoms with Gasteiger partial charge in [0.05, 0.1) is 10.6 Å². The summed E-state index contributed by atoms with van der Waals surface area (Å²) in [7, 11) is -3.43. The second-order valence-electron chi connectivity index (χ2n) is 10.4. The quantitative estimate of drug-likeness (QED) is 0.559. The number of benzene rings is 1. The Morgan fingerprint density at radius 3 is 2.28 bits per heavy atom. The van der Waals surface area contributed by atoms with E-state index in [9.17, 15) is 13.2 Å². The van der Waals surface area contributed by atoms with Crippen molar-refractivity contribution in [2.45, 2.75) is 69.6 Å². The highest BCUT2D eigenvalue weighted by Gasteiger charge is 2.53. The van der Waals surface area contributed by atoms with E-state index < -0.39 is 9.84 Å². The second kappa shape index (κ2) is 7.09. The molecule has 5 heteroatoms. The fourth-order valence-electron chi connectivity index (χ4n) is 6.99. The molecule has 0 atom stereocenters. The van der Waals surface area contributed by atoms with Crippen LogP contribution >= 0.6 is 11.6 Å². The molecule has 3 nitrogen and oxygen atoms in total. The molecule has 0 spiro atoms. The Morgan fingerprint density at radius 2 is 1.69 bits per heavy atom. The van der Waals surface area contributed by atoms with Gasteiger partial charge in [0.1, 0.15) is 5.78 Å². The minimum atomic E-state index is -3.43. The molecule has 5 aliphatic carbocycles. The zero-order valence-corrected chi connectivity index (χ0v) is 18.8. The molecule has 0 unspecified atom stereocenters. The van der Waals surface area contributed by atoms with Gasteiger partial charge in [-0.3, -0.25) is 4.79 Å². The molecule has 0 N–H and O–H groups in total. The fraction of sp³-hybridized carbons (Fsp3) is 0.708. The summed E-state index contributed by atoms with van der Waals surface area (Å²) in [6.45, 7) is 1.75. The van der Waals surface area contributed by atoms with E-state index in [1.54, 1.807) is 25.1 Å². The first-order valence-electron chi connectivity index (χ1n) is 11.3. The molecule has 1 aromatic carbocycles. The van der Waals surface area contributed by atoms with E-state index in [1.165, 1.54) is 32.1 Å². The van der Waals surface area contributed by atoms with E-state index >= 15 is 0 Å². The molecule has 158 valence electrons. The topological polar surface area (TPSA) is 51.2 Å². The number of halogens is 1. The van der Waals surface area contributed by atoms with Crippen LogP contribution in [0.5, 0.6) is 0 Å². The monoisotopic (exact) mass is 434 g/mol. The van der Waals surface area contributed by atoms with Gasteiger partial charge in [0.2, 0.25) is 0 Å². The van der Waals surface area contributed by atoms with Crippen molar-refractivity contribution in [1.82, 2.24) is 0 Å². The Labute approximate surface area is 179 Å². The summed E-state index contributed by atoms with van der Waals surface area (Å²) in [5, 5.41) is 0.477. The highest BCUT2D eigenvalue weighted by Crippen LogP contribution is 2.59. The van der Waals surface area contributed by atoms with Crippen molar-refractivity contribution < 1.29 is 13.2 Å². The van der Waals surface area contributed by atoms with Gasteiger partial charge in [-0.05, 0) is 106 Å². The van der Waals surface area contributed by atoms with Crippen molar-refractivity contribution in [2.75, 3.05) is 5.75 Å². The van der Waals surface area contributed by atoms with E-state index in [0.717, 1.165) is 36.5 Å². The lowest BCUT2D eigenvalue weighted by molar-refractivity contribution is -0.129. The van der Waals surface area contributed by atoms with Gasteiger partial charge in [0.25, 0.3) is 0 Å². The normalized spacial score (nSPS) is 34.3. The molecule has 0 heterocycles. The standard InChI is InChI=1S/C24H31ClO3S/c1-15-21(25)3-2-4-22(15)29(27,28)8-7-24(5-6-24)23(26)14-20-18-10-16-9-17(12-18)13-19(20)11-16/h2-4,16-20H,5-14H2,1H3. The van der Waals surface area contributed by atoms with E-state index in [-0.39, 0.29) is 11.2 Å². The summed E-state index contributed by atoms with van der Waals surface area (Å²) >= 11 is 6.12. The number of hydrogen-bond acceptors (Lipinski definition) is 3. The molecule has 6 rings (SSSR count). The van der Waals surface area contributed by atoms with Crippen LogP contribution in [0.2, 0.25) is 5.02 Å². The third-order valence-electron chi connectivity index (χ3n) is 8.69. The maximum atomic E-state index is 13.3. The van der Waals surface area contributed by atoms with Crippen LogP contribution in [0.1, 0.15) is 63.4 Å². The van der Waals surface area contributed by atoms with Crippen molar-refractivity contribution in [1.29, 1.82) is 0 Å². The highest BCUT2D eigenvalue weighted by atomic mass is 35.5. The van der Waals surface area contributed by atoms with Crippen LogP contribution in [-0.4, -0.2) is 20.0 Å². The molecule has 5 saturated carbocycles. The van der Waals surface area contributed by atoms with Crippen LogP contribution < -0.4 is 0 Å². The highest BCUT2D eigenvalue weighted by molar-refractivity contribution is 7.91. The SMILES string of the molecule is Cc1c(Cl)cccc1S(=O)(=O)CCC1(C(=O)CC2C3CC4CC(C3)CC2C4)CC1. The van der Waals surface area contributed by atoms with Gasteiger partial charge in [-0.1, -0.05) is 17.7 Å². The molecular weight excluding hydrogens is 404 g/mol. The average molecular weight is 435 g/mol. The average Bonchev–Trinajstić information content (AvgIpc) is 3.46. The number of Topliss-reactive ketones (excluding diaryl/α,β-unsaturated/α-hetero) is 1. The van der Waals surface area contributed by atoms with Crippen LogP contribution in [0.3, 0.4) is 0 Å². The summed E-state index contributed by atoms with van der Waals surface area (Å²) in [6.07, 6.45) is 9.66. The summed E-state index contributed by atoms with van der Waals surface area (Å²) in [5.74, 6) is 4.32. The maximum absolute atomic E-state index is 13.3. The Balaban J connectivity index is 1.25. The molecule has 5 fully saturated rings. The molecule has 0 aromatic heterocycles. The van der Waals surface area contributed by atoms with E-state index in [0.29, 0.717) is 40.0 Å². The molecule has 0 saturated heterocycles. The van der Waals surface area contributed by atoms with Crippen LogP contribution in [-0.2, 0) is 14.6 Å². The minimum Gasteiger partial charge on any atom is -0.299 e. The van der Waals surface area contributed by atoms with Gasteiger partial charge in [0.15, 0.2) is 9.84 Å². The Bertz CT molecular complexity index is 903. The predicted molar refractivity (Wildman–Crippen MR) is 115 cm³/mol. The first-order chi connectivity index (χ1) is 13.8. The van der Waals surface area contributed by atoms with Crippen molar-refractivity contribution in [3.63, 3.8) is 0 Å². The molecule has 0 amide bonds. The van der Waals surface area contributed by atoms with E-state index in [1.807, 2.05) is 0 Å². The molecule has 0 radical (unpaired) electrons. The number of carbonyl (C=O) groups is 1. The summed E-state index contributed by atoms with van der Waals surface area (Å²) in [6, 6.07) is 5.03.